The van der Waals surface area contributed by atoms with Crippen LogP contribution in [0.1, 0.15) is 12.5 Å². The summed E-state index contributed by atoms with van der Waals surface area (Å²) in [6, 6.07) is 4.03. The second kappa shape index (κ2) is 5.71. The molecule has 7 heteroatoms. The Kier molecular flexibility index (Phi) is 4.70. The second-order valence-corrected chi connectivity index (χ2v) is 6.65. The summed E-state index contributed by atoms with van der Waals surface area (Å²) in [5, 5.41) is 9.05. The van der Waals surface area contributed by atoms with Crippen molar-refractivity contribution in [3.05, 3.63) is 28.8 Å². The van der Waals surface area contributed by atoms with Crippen LogP contribution in [0, 0.1) is 5.92 Å². The van der Waals surface area contributed by atoms with Gasteiger partial charge in [0, 0.05) is 11.3 Å². The number of hydrogen-bond donors (Lipinski definition) is 1. The van der Waals surface area contributed by atoms with Gasteiger partial charge in [0.2, 0.25) is 0 Å². The highest BCUT2D eigenvalue weighted by Gasteiger charge is 2.24. The van der Waals surface area contributed by atoms with Gasteiger partial charge in [0.1, 0.15) is 11.7 Å². The number of carbonyl (C=O) groups is 2. The zero-order valence-electron chi connectivity index (χ0n) is 10.4. The number of rotatable bonds is 5. The SMILES string of the molecule is CC(=O)C(Cc1ccc(S(C)(=O)=O)cc1Cl)C(=O)O. The highest BCUT2D eigenvalue weighted by Crippen LogP contribution is 2.23. The molecule has 0 bridgehead atoms. The predicted octanol–water partition coefficient (Wildman–Crippen LogP) is 1.58. The molecule has 0 radical (unpaired) electrons. The molecule has 0 saturated heterocycles. The van der Waals surface area contributed by atoms with Gasteiger partial charge in [-0.25, -0.2) is 8.42 Å². The maximum absolute atomic E-state index is 11.3. The lowest BCUT2D eigenvalue weighted by Crippen LogP contribution is -2.23. The molecule has 0 saturated carbocycles. The summed E-state index contributed by atoms with van der Waals surface area (Å²) in [6.45, 7) is 1.19. The molecule has 1 aromatic carbocycles. The average Bonchev–Trinajstić information content (AvgIpc) is 2.24. The van der Waals surface area contributed by atoms with Crippen LogP contribution in [0.25, 0.3) is 0 Å². The van der Waals surface area contributed by atoms with Crippen LogP contribution in [0.4, 0.5) is 0 Å². The number of benzene rings is 1. The summed E-state index contributed by atoms with van der Waals surface area (Å²) in [4.78, 5) is 22.2. The van der Waals surface area contributed by atoms with Crippen LogP contribution in [-0.2, 0) is 25.8 Å². The normalized spacial score (nSPS) is 13.0. The van der Waals surface area contributed by atoms with Crippen molar-refractivity contribution in [2.45, 2.75) is 18.2 Å². The lowest BCUT2D eigenvalue weighted by atomic mass is 9.96. The molecular formula is C12H13ClO5S. The van der Waals surface area contributed by atoms with Crippen molar-refractivity contribution >= 4 is 33.2 Å². The molecule has 1 unspecified atom stereocenters. The van der Waals surface area contributed by atoms with E-state index in [0.717, 1.165) is 6.26 Å². The third-order valence-corrected chi connectivity index (χ3v) is 4.13. The number of carboxylic acids is 1. The number of hydrogen-bond acceptors (Lipinski definition) is 4. The number of aliphatic carboxylic acids is 1. The Balaban J connectivity index is 3.10. The van der Waals surface area contributed by atoms with Gasteiger partial charge in [-0.1, -0.05) is 17.7 Å². The molecule has 104 valence electrons. The number of carbonyl (C=O) groups excluding carboxylic acids is 1. The van der Waals surface area contributed by atoms with E-state index in [0.29, 0.717) is 5.56 Å². The number of sulfone groups is 1. The molecule has 5 nitrogen and oxygen atoms in total. The Hall–Kier alpha value is -1.40. The Morgan fingerprint density at radius 1 is 1.37 bits per heavy atom. The summed E-state index contributed by atoms with van der Waals surface area (Å²) in [6.07, 6.45) is 0.988. The van der Waals surface area contributed by atoms with Gasteiger partial charge in [0.25, 0.3) is 0 Å². The van der Waals surface area contributed by atoms with E-state index in [4.69, 9.17) is 16.7 Å². The van der Waals surface area contributed by atoms with E-state index in [-0.39, 0.29) is 16.3 Å². The molecule has 0 amide bonds. The fourth-order valence-electron chi connectivity index (χ4n) is 1.55. The van der Waals surface area contributed by atoms with Crippen molar-refractivity contribution < 1.29 is 23.1 Å². The van der Waals surface area contributed by atoms with Gasteiger partial charge in [-0.15, -0.1) is 0 Å². The van der Waals surface area contributed by atoms with Crippen LogP contribution in [0.5, 0.6) is 0 Å². The monoisotopic (exact) mass is 304 g/mol. The summed E-state index contributed by atoms with van der Waals surface area (Å²) in [5.74, 6) is -2.88. The third-order valence-electron chi connectivity index (χ3n) is 2.67. The van der Waals surface area contributed by atoms with E-state index in [1.807, 2.05) is 0 Å². The van der Waals surface area contributed by atoms with E-state index in [2.05, 4.69) is 0 Å². The Labute approximate surface area is 116 Å². The largest absolute Gasteiger partial charge is 0.481 e. The number of ketones is 1. The van der Waals surface area contributed by atoms with E-state index < -0.39 is 27.5 Å². The second-order valence-electron chi connectivity index (χ2n) is 4.23. The molecule has 1 aromatic rings. The first-order valence-electron chi connectivity index (χ1n) is 5.34. The van der Waals surface area contributed by atoms with Crippen LogP contribution in [0.2, 0.25) is 5.02 Å². The Morgan fingerprint density at radius 2 is 1.95 bits per heavy atom. The van der Waals surface area contributed by atoms with E-state index in [1.165, 1.54) is 25.1 Å². The van der Waals surface area contributed by atoms with Crippen LogP contribution >= 0.6 is 11.6 Å². The van der Waals surface area contributed by atoms with Gasteiger partial charge in [-0.05, 0) is 31.0 Å². The van der Waals surface area contributed by atoms with Crippen molar-refractivity contribution in [2.75, 3.05) is 6.26 Å². The molecule has 0 aliphatic rings. The summed E-state index contributed by atoms with van der Waals surface area (Å²) in [5.41, 5.74) is 0.427. The van der Waals surface area contributed by atoms with Gasteiger partial charge < -0.3 is 5.11 Å². The van der Waals surface area contributed by atoms with Crippen LogP contribution in [-0.4, -0.2) is 31.5 Å². The van der Waals surface area contributed by atoms with E-state index >= 15 is 0 Å². The summed E-state index contributed by atoms with van der Waals surface area (Å²) < 4.78 is 22.7. The molecule has 1 rings (SSSR count). The Bertz CT molecular complexity index is 607. The topological polar surface area (TPSA) is 88.5 Å². The molecule has 0 aliphatic carbocycles. The predicted molar refractivity (Wildman–Crippen MR) is 70.1 cm³/mol. The maximum atomic E-state index is 11.3. The smallest absolute Gasteiger partial charge is 0.314 e. The number of Topliss-reactive ketones (excluding diaryl/α,β-unsaturated/α-hetero) is 1. The first-order valence-corrected chi connectivity index (χ1v) is 7.61. The highest BCUT2D eigenvalue weighted by molar-refractivity contribution is 7.90. The van der Waals surface area contributed by atoms with Gasteiger partial charge >= 0.3 is 5.97 Å². The third kappa shape index (κ3) is 4.04. The van der Waals surface area contributed by atoms with Crippen molar-refractivity contribution in [1.29, 1.82) is 0 Å². The Morgan fingerprint density at radius 3 is 2.32 bits per heavy atom. The van der Waals surface area contributed by atoms with Crippen molar-refractivity contribution in [3.63, 3.8) is 0 Å². The highest BCUT2D eigenvalue weighted by atomic mass is 35.5. The fourth-order valence-corrected chi connectivity index (χ4v) is 2.52. The minimum atomic E-state index is -3.37. The zero-order valence-corrected chi connectivity index (χ0v) is 12.0. The van der Waals surface area contributed by atoms with Gasteiger partial charge in [0.15, 0.2) is 9.84 Å². The van der Waals surface area contributed by atoms with Gasteiger partial charge in [0.05, 0.1) is 4.90 Å². The molecule has 1 N–H and O–H groups in total. The quantitative estimate of drug-likeness (QED) is 0.834. The first kappa shape index (κ1) is 15.7. The van der Waals surface area contributed by atoms with Crippen LogP contribution in [0.15, 0.2) is 23.1 Å². The molecule has 0 aliphatic heterocycles. The van der Waals surface area contributed by atoms with E-state index in [9.17, 15) is 18.0 Å². The molecule has 0 fully saturated rings. The molecule has 0 heterocycles. The van der Waals surface area contributed by atoms with Crippen molar-refractivity contribution in [2.24, 2.45) is 5.92 Å². The molecule has 1 atom stereocenters. The molecular weight excluding hydrogens is 292 g/mol. The lowest BCUT2D eigenvalue weighted by Gasteiger charge is -2.11. The average molecular weight is 305 g/mol. The maximum Gasteiger partial charge on any atom is 0.314 e. The molecule has 19 heavy (non-hydrogen) atoms. The van der Waals surface area contributed by atoms with E-state index in [1.54, 1.807) is 0 Å². The van der Waals surface area contributed by atoms with Crippen molar-refractivity contribution in [1.82, 2.24) is 0 Å². The van der Waals surface area contributed by atoms with Crippen LogP contribution < -0.4 is 0 Å². The first-order chi connectivity index (χ1) is 8.62. The molecule has 0 spiro atoms. The van der Waals surface area contributed by atoms with Crippen molar-refractivity contribution in [3.8, 4) is 0 Å². The fraction of sp³-hybridized carbons (Fsp3) is 0.333. The summed E-state index contributed by atoms with van der Waals surface area (Å²) >= 11 is 5.92. The number of halogens is 1. The zero-order chi connectivity index (χ0) is 14.8. The van der Waals surface area contributed by atoms with Gasteiger partial charge in [-0.2, -0.15) is 0 Å². The standard InChI is InChI=1S/C12H13ClO5S/c1-7(14)10(12(15)16)5-8-3-4-9(6-11(8)13)19(2,17)18/h3-4,6,10H,5H2,1-2H3,(H,15,16). The minimum absolute atomic E-state index is 0.0518. The minimum Gasteiger partial charge on any atom is -0.481 e. The van der Waals surface area contributed by atoms with Gasteiger partial charge in [-0.3, -0.25) is 9.59 Å². The molecule has 0 aromatic heterocycles. The summed E-state index contributed by atoms with van der Waals surface area (Å²) in [7, 11) is -3.37. The number of carboxylic acid groups (broad SMARTS) is 1. The van der Waals surface area contributed by atoms with Crippen LogP contribution in [0.3, 0.4) is 0 Å². The lowest BCUT2D eigenvalue weighted by molar-refractivity contribution is -0.145.